The highest BCUT2D eigenvalue weighted by atomic mass is 31.2. The molecule has 0 spiro atoms. The third-order valence-corrected chi connectivity index (χ3v) is 22.9. The summed E-state index contributed by atoms with van der Waals surface area (Å²) < 4.78 is 69.0. The van der Waals surface area contributed by atoms with E-state index < -0.39 is 97.5 Å². The molecule has 17 nitrogen and oxygen atoms in total. The van der Waals surface area contributed by atoms with Crippen LogP contribution in [0.5, 0.6) is 0 Å². The fraction of sp³-hybridized carbons (Fsp3) is 0.955. The van der Waals surface area contributed by atoms with Crippen molar-refractivity contribution in [2.45, 2.75) is 496 Å². The second-order valence-electron chi connectivity index (χ2n) is 32.9. The summed E-state index contributed by atoms with van der Waals surface area (Å²) in [6.07, 6.45) is 73.7. The summed E-state index contributed by atoms with van der Waals surface area (Å²) in [7, 11) is -9.93. The number of aliphatic hydroxyl groups excluding tert-OH is 1. The smallest absolute Gasteiger partial charge is 0.462 e. The monoisotopic (exact) mass is 1580 g/mol. The van der Waals surface area contributed by atoms with E-state index in [9.17, 15) is 43.2 Å². The molecule has 108 heavy (non-hydrogen) atoms. The number of hydrogen-bond acceptors (Lipinski definition) is 15. The number of ether oxygens (including phenoxy) is 4. The van der Waals surface area contributed by atoms with Gasteiger partial charge >= 0.3 is 39.5 Å². The number of hydrogen-bond donors (Lipinski definition) is 3. The highest BCUT2D eigenvalue weighted by molar-refractivity contribution is 7.47. The summed E-state index contributed by atoms with van der Waals surface area (Å²) in [5, 5.41) is 10.7. The van der Waals surface area contributed by atoms with Crippen molar-refractivity contribution in [2.75, 3.05) is 39.6 Å². The maximum atomic E-state index is 13.2. The molecule has 0 saturated heterocycles. The Balaban J connectivity index is 5.24. The van der Waals surface area contributed by atoms with E-state index >= 15 is 0 Å². The van der Waals surface area contributed by atoms with Gasteiger partial charge < -0.3 is 33.8 Å². The molecule has 0 aromatic heterocycles. The highest BCUT2D eigenvalue weighted by Crippen LogP contribution is 2.45. The number of esters is 4. The molecule has 0 aliphatic carbocycles. The normalized spacial score (nSPS) is 13.8. The summed E-state index contributed by atoms with van der Waals surface area (Å²) in [5.41, 5.74) is 0. The molecule has 2 unspecified atom stereocenters. The zero-order valence-electron chi connectivity index (χ0n) is 71.2. The van der Waals surface area contributed by atoms with Gasteiger partial charge in [0.15, 0.2) is 12.2 Å². The van der Waals surface area contributed by atoms with Gasteiger partial charge in [0.2, 0.25) is 0 Å². The zero-order valence-corrected chi connectivity index (χ0v) is 73.0. The van der Waals surface area contributed by atoms with Crippen LogP contribution in [-0.4, -0.2) is 96.7 Å². The van der Waals surface area contributed by atoms with Crippen LogP contribution in [0.4, 0.5) is 0 Å². The van der Waals surface area contributed by atoms with Crippen LogP contribution in [0.3, 0.4) is 0 Å². The third kappa shape index (κ3) is 82.1. The quantitative estimate of drug-likeness (QED) is 0.0222. The predicted octanol–water partition coefficient (Wildman–Crippen LogP) is 27.4. The van der Waals surface area contributed by atoms with Crippen molar-refractivity contribution in [3.05, 3.63) is 0 Å². The van der Waals surface area contributed by atoms with Gasteiger partial charge in [-0.15, -0.1) is 0 Å². The molecule has 0 aromatic rings. The van der Waals surface area contributed by atoms with Crippen LogP contribution in [0.15, 0.2) is 0 Å². The lowest BCUT2D eigenvalue weighted by Gasteiger charge is -2.21. The first-order valence-electron chi connectivity index (χ1n) is 46.0. The molecular formula is C89H174O17P2. The van der Waals surface area contributed by atoms with E-state index in [-0.39, 0.29) is 25.7 Å². The molecule has 0 aliphatic rings. The Morgan fingerprint density at radius 3 is 0.630 bits per heavy atom. The number of unbranched alkanes of at least 4 members (excludes halogenated alkanes) is 58. The summed E-state index contributed by atoms with van der Waals surface area (Å²) in [6, 6.07) is 0. The summed E-state index contributed by atoms with van der Waals surface area (Å²) in [6.45, 7) is 9.70. The van der Waals surface area contributed by atoms with Crippen LogP contribution < -0.4 is 0 Å². The van der Waals surface area contributed by atoms with Crippen molar-refractivity contribution in [3.63, 3.8) is 0 Å². The summed E-state index contributed by atoms with van der Waals surface area (Å²) in [5.74, 6) is -0.555. The van der Waals surface area contributed by atoms with E-state index in [1.54, 1.807) is 0 Å². The first-order chi connectivity index (χ1) is 52.4. The summed E-state index contributed by atoms with van der Waals surface area (Å²) in [4.78, 5) is 73.4. The molecule has 0 fully saturated rings. The Kier molecular flexibility index (Phi) is 78.8. The average molecular weight is 1580 g/mol. The van der Waals surface area contributed by atoms with E-state index in [0.29, 0.717) is 25.7 Å². The van der Waals surface area contributed by atoms with Crippen LogP contribution in [0.2, 0.25) is 0 Å². The SMILES string of the molecule is CCCCCCCCCCCCCCCCCCCCCCCCC(=O)O[C@H](COC(=O)CCCCCCCCCCCCCCCCC(C)C)COP(=O)(O)OC[C@@H](O)COP(=O)(O)OC[C@@H](COC(=O)CCCCCCCCCCCC(C)C)OC(=O)CCCCCCCCCCCCCCCCCCC. The third-order valence-electron chi connectivity index (χ3n) is 21.0. The fourth-order valence-electron chi connectivity index (χ4n) is 14.0. The number of rotatable bonds is 88. The van der Waals surface area contributed by atoms with Crippen LogP contribution in [0, 0.1) is 11.8 Å². The van der Waals surface area contributed by atoms with Gasteiger partial charge in [0.1, 0.15) is 19.3 Å². The molecule has 3 N–H and O–H groups in total. The maximum absolute atomic E-state index is 13.2. The second-order valence-corrected chi connectivity index (χ2v) is 35.8. The van der Waals surface area contributed by atoms with Gasteiger partial charge in [-0.2, -0.15) is 0 Å². The fourth-order valence-corrected chi connectivity index (χ4v) is 15.5. The molecule has 0 aromatic carbocycles. The molecule has 0 saturated carbocycles. The molecule has 0 radical (unpaired) electrons. The Bertz CT molecular complexity index is 2060. The van der Waals surface area contributed by atoms with Crippen LogP contribution in [-0.2, 0) is 65.4 Å². The summed E-state index contributed by atoms with van der Waals surface area (Å²) >= 11 is 0. The van der Waals surface area contributed by atoms with Gasteiger partial charge in [-0.25, -0.2) is 9.13 Å². The van der Waals surface area contributed by atoms with E-state index in [1.807, 2.05) is 0 Å². The molecule has 642 valence electrons. The van der Waals surface area contributed by atoms with Crippen molar-refractivity contribution >= 4 is 39.5 Å². The second kappa shape index (κ2) is 80.3. The number of phosphoric acid groups is 2. The van der Waals surface area contributed by atoms with Gasteiger partial charge in [-0.3, -0.25) is 37.3 Å². The average Bonchev–Trinajstić information content (AvgIpc) is 0.899. The molecule has 0 aliphatic heterocycles. The molecule has 0 rings (SSSR count). The lowest BCUT2D eigenvalue weighted by molar-refractivity contribution is -0.161. The molecule has 0 amide bonds. The Morgan fingerprint density at radius 1 is 0.250 bits per heavy atom. The topological polar surface area (TPSA) is 237 Å². The minimum absolute atomic E-state index is 0.108. The molecule has 5 atom stereocenters. The lowest BCUT2D eigenvalue weighted by Crippen LogP contribution is -2.30. The minimum atomic E-state index is -4.97. The van der Waals surface area contributed by atoms with Crippen LogP contribution in [0.25, 0.3) is 0 Å². The molecular weight excluding hydrogens is 1400 g/mol. The van der Waals surface area contributed by atoms with Gasteiger partial charge in [0.25, 0.3) is 0 Å². The zero-order chi connectivity index (χ0) is 79.2. The van der Waals surface area contributed by atoms with Crippen LogP contribution in [0.1, 0.15) is 478 Å². The van der Waals surface area contributed by atoms with E-state index in [2.05, 4.69) is 41.5 Å². The van der Waals surface area contributed by atoms with Crippen molar-refractivity contribution in [3.8, 4) is 0 Å². The lowest BCUT2D eigenvalue weighted by atomic mass is 10.0. The molecule has 0 heterocycles. The first kappa shape index (κ1) is 106. The standard InChI is InChI=1S/C89H174O17P2/c1-7-9-11-13-15-17-19-21-23-25-26-27-28-29-31-33-39-43-49-56-62-68-74-88(93)105-84(77-99-86(91)71-65-59-53-47-41-37-35-34-36-40-45-51-57-63-69-81(3)4)79-103-107(95,96)101-75-83(90)76-102-108(97,98)104-80-85(78-100-87(92)72-66-60-54-50-44-46-52-58-64-70-82(5)6)106-89(94)73-67-61-55-48-42-38-32-30-24-22-20-18-16-14-12-10-8-2/h81-85,90H,7-80H2,1-6H3,(H,95,96)(H,97,98)/t83-,84-,85-/m1/s1. The van der Waals surface area contributed by atoms with Crippen molar-refractivity contribution in [2.24, 2.45) is 11.8 Å². The first-order valence-corrected chi connectivity index (χ1v) is 49.0. The maximum Gasteiger partial charge on any atom is 0.472 e. The number of carbonyl (C=O) groups excluding carboxylic acids is 4. The predicted molar refractivity (Wildman–Crippen MR) is 446 cm³/mol. The highest BCUT2D eigenvalue weighted by Gasteiger charge is 2.31. The number of aliphatic hydroxyl groups is 1. The number of carbonyl (C=O) groups is 4. The van der Waals surface area contributed by atoms with Crippen LogP contribution >= 0.6 is 15.6 Å². The minimum Gasteiger partial charge on any atom is -0.462 e. The van der Waals surface area contributed by atoms with Crippen molar-refractivity contribution in [1.29, 1.82) is 0 Å². The van der Waals surface area contributed by atoms with E-state index in [1.165, 1.54) is 295 Å². The molecule has 0 bridgehead atoms. The van der Waals surface area contributed by atoms with E-state index in [4.69, 9.17) is 37.0 Å². The van der Waals surface area contributed by atoms with Gasteiger partial charge in [0.05, 0.1) is 26.4 Å². The van der Waals surface area contributed by atoms with Crippen molar-refractivity contribution < 1.29 is 80.2 Å². The largest absolute Gasteiger partial charge is 0.472 e. The molecule has 19 heteroatoms. The number of phosphoric ester groups is 2. The Hall–Kier alpha value is -1.94. The Labute approximate surface area is 664 Å². The van der Waals surface area contributed by atoms with Crippen molar-refractivity contribution in [1.82, 2.24) is 0 Å². The van der Waals surface area contributed by atoms with E-state index in [0.717, 1.165) is 102 Å². The van der Waals surface area contributed by atoms with Gasteiger partial charge in [0, 0.05) is 25.7 Å². The van der Waals surface area contributed by atoms with Gasteiger partial charge in [-0.1, -0.05) is 427 Å². The Morgan fingerprint density at radius 2 is 0.426 bits per heavy atom. The van der Waals surface area contributed by atoms with Gasteiger partial charge in [-0.05, 0) is 37.5 Å².